The molecule has 6 aromatic rings. The number of benzene rings is 6. The fraction of sp³-hybridized carbons (Fsp3) is 0.182. The van der Waals surface area contributed by atoms with Crippen molar-refractivity contribution in [3.8, 4) is 45.6 Å². The first-order valence-corrected chi connectivity index (χ1v) is 20.5. The Morgan fingerprint density at radius 3 is 0.981 bits per heavy atom. The standard InChI is InChI=1S/C44H36O6P2/c1-3-15-35(49-51(37-17-5-9-29-21-25-45-41(29)37)38-18-6-10-30-22-26-46-42(30)38)33(13-1)34-14-2-4-16-36(34)50-52(39-19-7-11-31-23-27-47-43(31)39)40-20-8-12-32-24-28-48-44(32)40/h1-20H,21-28H2. The summed E-state index contributed by atoms with van der Waals surface area (Å²) in [4.78, 5) is 0. The lowest BCUT2D eigenvalue weighted by Gasteiger charge is -2.26. The van der Waals surface area contributed by atoms with Crippen molar-refractivity contribution in [2.45, 2.75) is 25.7 Å². The molecule has 0 saturated heterocycles. The minimum absolute atomic E-state index is 0.675. The summed E-state index contributed by atoms with van der Waals surface area (Å²) in [7, 11) is -2.73. The number of fused-ring (bicyclic) bond motifs is 4. The first-order chi connectivity index (χ1) is 25.8. The Morgan fingerprint density at radius 2 is 0.654 bits per heavy atom. The highest BCUT2D eigenvalue weighted by molar-refractivity contribution is 7.69. The van der Waals surface area contributed by atoms with Gasteiger partial charge in [-0.3, -0.25) is 0 Å². The van der Waals surface area contributed by atoms with Crippen molar-refractivity contribution < 1.29 is 28.0 Å². The molecule has 0 N–H and O–H groups in total. The second kappa shape index (κ2) is 13.5. The van der Waals surface area contributed by atoms with Crippen LogP contribution >= 0.6 is 16.3 Å². The molecule has 4 heterocycles. The molecular weight excluding hydrogens is 686 g/mol. The largest absolute Gasteiger partial charge is 0.492 e. The quantitative estimate of drug-likeness (QED) is 0.141. The van der Waals surface area contributed by atoms with Gasteiger partial charge in [-0.15, -0.1) is 0 Å². The molecule has 0 aliphatic carbocycles. The lowest BCUT2D eigenvalue weighted by Crippen LogP contribution is -2.20. The summed E-state index contributed by atoms with van der Waals surface area (Å²) in [5.74, 6) is 5.29. The van der Waals surface area contributed by atoms with Gasteiger partial charge >= 0.3 is 0 Å². The van der Waals surface area contributed by atoms with Crippen LogP contribution in [0.2, 0.25) is 0 Å². The Bertz CT molecular complexity index is 2040. The summed E-state index contributed by atoms with van der Waals surface area (Å²) < 4.78 is 39.7. The van der Waals surface area contributed by atoms with Crippen molar-refractivity contribution in [2.24, 2.45) is 0 Å². The van der Waals surface area contributed by atoms with Gasteiger partial charge in [0.1, 0.15) is 34.5 Å². The molecule has 0 fully saturated rings. The van der Waals surface area contributed by atoms with Gasteiger partial charge in [0.15, 0.2) is 16.3 Å². The van der Waals surface area contributed by atoms with Crippen molar-refractivity contribution in [3.63, 3.8) is 0 Å². The van der Waals surface area contributed by atoms with Gasteiger partial charge in [-0.05, 0) is 58.7 Å². The summed E-state index contributed by atoms with van der Waals surface area (Å²) in [6.07, 6.45) is 3.58. The summed E-state index contributed by atoms with van der Waals surface area (Å²) in [5.41, 5.74) is 6.77. The average Bonchev–Trinajstić information content (AvgIpc) is 4.03. The van der Waals surface area contributed by atoms with E-state index in [9.17, 15) is 0 Å². The molecule has 52 heavy (non-hydrogen) atoms. The Labute approximate surface area is 305 Å². The van der Waals surface area contributed by atoms with Crippen LogP contribution in [0.4, 0.5) is 0 Å². The second-order valence-electron chi connectivity index (χ2n) is 13.2. The molecule has 258 valence electrons. The van der Waals surface area contributed by atoms with Crippen molar-refractivity contribution in [3.05, 3.63) is 144 Å². The fourth-order valence-electron chi connectivity index (χ4n) is 7.62. The fourth-order valence-corrected chi connectivity index (χ4v) is 11.7. The van der Waals surface area contributed by atoms with E-state index in [4.69, 9.17) is 28.0 Å². The maximum atomic E-state index is 7.29. The van der Waals surface area contributed by atoms with Crippen LogP contribution < -0.4 is 49.2 Å². The van der Waals surface area contributed by atoms with E-state index in [1.165, 1.54) is 22.3 Å². The molecule has 0 bridgehead atoms. The van der Waals surface area contributed by atoms with Crippen molar-refractivity contribution in [2.75, 3.05) is 26.4 Å². The highest BCUT2D eigenvalue weighted by atomic mass is 31.1. The highest BCUT2D eigenvalue weighted by Gasteiger charge is 2.33. The predicted molar refractivity (Wildman–Crippen MR) is 208 cm³/mol. The molecule has 6 nitrogen and oxygen atoms in total. The van der Waals surface area contributed by atoms with Crippen LogP contribution in [0, 0.1) is 0 Å². The molecule has 0 amide bonds. The van der Waals surface area contributed by atoms with E-state index in [1.807, 2.05) is 12.1 Å². The van der Waals surface area contributed by atoms with Gasteiger partial charge in [0.2, 0.25) is 0 Å². The van der Waals surface area contributed by atoms with Gasteiger partial charge in [-0.2, -0.15) is 0 Å². The highest BCUT2D eigenvalue weighted by Crippen LogP contribution is 2.51. The topological polar surface area (TPSA) is 55.4 Å². The minimum Gasteiger partial charge on any atom is -0.492 e. The third-order valence-electron chi connectivity index (χ3n) is 10.1. The number of rotatable bonds is 9. The Kier molecular flexibility index (Phi) is 8.23. The van der Waals surface area contributed by atoms with Crippen LogP contribution in [-0.2, 0) is 25.7 Å². The second-order valence-corrected chi connectivity index (χ2v) is 16.7. The molecule has 8 heteroatoms. The van der Waals surface area contributed by atoms with Crippen LogP contribution in [0.15, 0.2) is 121 Å². The van der Waals surface area contributed by atoms with E-state index in [2.05, 4.69) is 109 Å². The summed E-state index contributed by atoms with van der Waals surface area (Å²) in [6, 6.07) is 42.3. The molecule has 0 aromatic heterocycles. The van der Waals surface area contributed by atoms with E-state index < -0.39 is 16.3 Å². The van der Waals surface area contributed by atoms with Gasteiger partial charge in [0, 0.05) is 36.8 Å². The van der Waals surface area contributed by atoms with Gasteiger partial charge in [0.25, 0.3) is 0 Å². The van der Waals surface area contributed by atoms with Crippen molar-refractivity contribution >= 4 is 37.5 Å². The Morgan fingerprint density at radius 1 is 0.346 bits per heavy atom. The van der Waals surface area contributed by atoms with Gasteiger partial charge in [-0.25, -0.2) is 0 Å². The van der Waals surface area contributed by atoms with Crippen LogP contribution in [0.3, 0.4) is 0 Å². The molecule has 10 rings (SSSR count). The summed E-state index contributed by atoms with van der Waals surface area (Å²) in [5, 5.41) is 4.25. The van der Waals surface area contributed by atoms with Crippen LogP contribution in [-0.4, -0.2) is 26.4 Å². The first kappa shape index (κ1) is 31.7. The molecule has 0 atom stereocenters. The van der Waals surface area contributed by atoms with Crippen LogP contribution in [0.25, 0.3) is 11.1 Å². The van der Waals surface area contributed by atoms with Crippen molar-refractivity contribution in [1.29, 1.82) is 0 Å². The smallest absolute Gasteiger partial charge is 0.158 e. The molecule has 4 aliphatic heterocycles. The van der Waals surface area contributed by atoms with E-state index in [0.717, 1.165) is 92.5 Å². The number of hydrogen-bond acceptors (Lipinski definition) is 6. The molecule has 0 unspecified atom stereocenters. The van der Waals surface area contributed by atoms with E-state index >= 15 is 0 Å². The van der Waals surface area contributed by atoms with Crippen molar-refractivity contribution in [1.82, 2.24) is 0 Å². The van der Waals surface area contributed by atoms with E-state index in [1.54, 1.807) is 0 Å². The SMILES string of the molecule is c1ccc(-c2ccccc2OP(c2cccc3c2OCC3)c2cccc3c2OCC3)c(OP(c2cccc3c2OCC3)c2cccc3c2OCC3)c1. The van der Waals surface area contributed by atoms with Gasteiger partial charge in [-0.1, -0.05) is 84.9 Å². The van der Waals surface area contributed by atoms with Gasteiger partial charge in [0.05, 0.1) is 47.6 Å². The number of para-hydroxylation sites is 6. The van der Waals surface area contributed by atoms with Gasteiger partial charge < -0.3 is 28.0 Å². The summed E-state index contributed by atoms with van der Waals surface area (Å²) in [6.45, 7) is 2.70. The summed E-state index contributed by atoms with van der Waals surface area (Å²) >= 11 is 0. The zero-order chi connectivity index (χ0) is 34.4. The molecule has 0 radical (unpaired) electrons. The normalized spacial score (nSPS) is 14.9. The zero-order valence-electron chi connectivity index (χ0n) is 28.5. The Balaban J connectivity index is 1.09. The predicted octanol–water partition coefficient (Wildman–Crippen LogP) is 7.95. The molecule has 4 aliphatic rings. The number of hydrogen-bond donors (Lipinski definition) is 0. The molecule has 0 saturated carbocycles. The zero-order valence-corrected chi connectivity index (χ0v) is 30.3. The van der Waals surface area contributed by atoms with E-state index in [0.29, 0.717) is 26.4 Å². The lowest BCUT2D eigenvalue weighted by atomic mass is 10.0. The maximum Gasteiger partial charge on any atom is 0.158 e. The molecular formula is C44H36O6P2. The van der Waals surface area contributed by atoms with Crippen LogP contribution in [0.5, 0.6) is 34.5 Å². The minimum atomic E-state index is -1.36. The average molecular weight is 723 g/mol. The monoisotopic (exact) mass is 722 g/mol. The third-order valence-corrected chi connectivity index (χ3v) is 14.0. The third kappa shape index (κ3) is 5.57. The van der Waals surface area contributed by atoms with Crippen LogP contribution in [0.1, 0.15) is 22.3 Å². The number of ether oxygens (including phenoxy) is 4. The first-order valence-electron chi connectivity index (χ1n) is 17.9. The van der Waals surface area contributed by atoms with E-state index in [-0.39, 0.29) is 0 Å². The molecule has 0 spiro atoms. The molecule has 6 aromatic carbocycles. The Hall–Kier alpha value is -5.02. The maximum absolute atomic E-state index is 7.29. The lowest BCUT2D eigenvalue weighted by molar-refractivity contribution is 0.358.